The number of hydrogen-bond donors (Lipinski definition) is 1. The Morgan fingerprint density at radius 3 is 2.62 bits per heavy atom. The van der Waals surface area contributed by atoms with Crippen LogP contribution in [0.4, 0.5) is 4.39 Å². The van der Waals surface area contributed by atoms with Gasteiger partial charge in [0.2, 0.25) is 11.4 Å². The molecule has 26 heavy (non-hydrogen) atoms. The van der Waals surface area contributed by atoms with Crippen molar-refractivity contribution in [2.45, 2.75) is 18.5 Å². The maximum atomic E-state index is 14.2. The molecule has 1 fully saturated rings. The Kier molecular flexibility index (Phi) is 3.37. The van der Waals surface area contributed by atoms with Crippen molar-refractivity contribution in [2.24, 2.45) is 0 Å². The topological polar surface area (TPSA) is 88.5 Å². The second-order valence-electron chi connectivity index (χ2n) is 6.47. The van der Waals surface area contributed by atoms with E-state index in [9.17, 15) is 23.6 Å². The highest BCUT2D eigenvalue weighted by atomic mass is 19.1. The summed E-state index contributed by atoms with van der Waals surface area (Å²) in [6.45, 7) is -0.321. The first-order chi connectivity index (χ1) is 12.3. The van der Waals surface area contributed by atoms with Crippen molar-refractivity contribution in [3.05, 3.63) is 53.6 Å². The van der Waals surface area contributed by atoms with Crippen molar-refractivity contribution in [3.63, 3.8) is 0 Å². The summed E-state index contributed by atoms with van der Waals surface area (Å²) in [5.74, 6) is -3.41. The molecule has 7 nitrogen and oxygen atoms in total. The van der Waals surface area contributed by atoms with Crippen LogP contribution in [0.5, 0.6) is 0 Å². The molecular formula is C17H13BFN3O4. The van der Waals surface area contributed by atoms with Gasteiger partial charge in [-0.05, 0) is 18.2 Å². The molecular weight excluding hydrogens is 340 g/mol. The van der Waals surface area contributed by atoms with E-state index in [1.54, 1.807) is 13.9 Å². The molecule has 2 aliphatic heterocycles. The molecule has 1 aromatic heterocycles. The SMILES string of the molecule is Bc1ccc(CN2C(=O)c3cccn3[C@@]3(CC(=O)NC3=O)C2=O)c(F)c1. The molecule has 1 atom stereocenters. The van der Waals surface area contributed by atoms with Gasteiger partial charge >= 0.3 is 0 Å². The van der Waals surface area contributed by atoms with E-state index in [1.807, 2.05) is 0 Å². The van der Waals surface area contributed by atoms with Crippen molar-refractivity contribution in [2.75, 3.05) is 0 Å². The Balaban J connectivity index is 1.82. The number of nitrogens with zero attached hydrogens (tertiary/aromatic N) is 2. The third-order valence-electron chi connectivity index (χ3n) is 4.81. The lowest BCUT2D eigenvalue weighted by atomic mass is 9.91. The monoisotopic (exact) mass is 353 g/mol. The Hall–Kier alpha value is -3.23. The number of aromatic nitrogens is 1. The Labute approximate surface area is 148 Å². The number of imide groups is 2. The lowest BCUT2D eigenvalue weighted by molar-refractivity contribution is -0.147. The molecule has 2 aromatic rings. The highest BCUT2D eigenvalue weighted by Gasteiger charge is 2.60. The molecule has 3 heterocycles. The summed E-state index contributed by atoms with van der Waals surface area (Å²) in [5, 5.41) is 2.12. The zero-order chi connectivity index (χ0) is 18.6. The van der Waals surface area contributed by atoms with Crippen LogP contribution in [-0.2, 0) is 26.5 Å². The highest BCUT2D eigenvalue weighted by molar-refractivity contribution is 6.32. The van der Waals surface area contributed by atoms with E-state index in [2.05, 4.69) is 5.32 Å². The van der Waals surface area contributed by atoms with Gasteiger partial charge in [-0.25, -0.2) is 4.39 Å². The third kappa shape index (κ3) is 2.06. The van der Waals surface area contributed by atoms with Crippen molar-refractivity contribution in [3.8, 4) is 0 Å². The number of rotatable bonds is 2. The first-order valence-electron chi connectivity index (χ1n) is 7.98. The van der Waals surface area contributed by atoms with Crippen LogP contribution < -0.4 is 10.8 Å². The number of carbonyl (C=O) groups is 4. The Bertz CT molecular complexity index is 1000. The Morgan fingerprint density at radius 2 is 1.96 bits per heavy atom. The molecule has 4 amide bonds. The van der Waals surface area contributed by atoms with Gasteiger partial charge in [0.25, 0.3) is 17.7 Å². The molecule has 0 bridgehead atoms. The molecule has 0 radical (unpaired) electrons. The molecule has 0 unspecified atom stereocenters. The van der Waals surface area contributed by atoms with Crippen molar-refractivity contribution in [1.82, 2.24) is 14.8 Å². The van der Waals surface area contributed by atoms with Gasteiger partial charge in [0.1, 0.15) is 19.4 Å². The molecule has 1 N–H and O–H groups in total. The first-order valence-corrected chi connectivity index (χ1v) is 7.98. The number of carbonyl (C=O) groups excluding carboxylic acids is 4. The quantitative estimate of drug-likeness (QED) is 0.418. The van der Waals surface area contributed by atoms with Gasteiger partial charge in [0, 0.05) is 11.8 Å². The summed E-state index contributed by atoms with van der Waals surface area (Å²) in [5.41, 5.74) is -0.891. The molecule has 1 saturated heterocycles. The smallest absolute Gasteiger partial charge is 0.277 e. The van der Waals surface area contributed by atoms with Crippen molar-refractivity contribution >= 4 is 36.9 Å². The minimum Gasteiger partial charge on any atom is -0.320 e. The van der Waals surface area contributed by atoms with Gasteiger partial charge in [-0.1, -0.05) is 17.6 Å². The van der Waals surface area contributed by atoms with E-state index in [-0.39, 0.29) is 17.8 Å². The summed E-state index contributed by atoms with van der Waals surface area (Å²) < 4.78 is 15.5. The van der Waals surface area contributed by atoms with E-state index < -0.39 is 41.4 Å². The number of hydrogen-bond acceptors (Lipinski definition) is 4. The third-order valence-corrected chi connectivity index (χ3v) is 4.81. The van der Waals surface area contributed by atoms with Crippen molar-refractivity contribution < 1.29 is 23.6 Å². The number of amides is 4. The van der Waals surface area contributed by atoms with E-state index in [0.717, 1.165) is 4.90 Å². The minimum absolute atomic E-state index is 0.0990. The van der Waals surface area contributed by atoms with Crippen LogP contribution in [0.1, 0.15) is 22.5 Å². The number of benzene rings is 1. The van der Waals surface area contributed by atoms with Gasteiger partial charge in [-0.2, -0.15) is 0 Å². The standard InChI is InChI=1S/C17H13BFN3O4/c18-10-4-3-9(11(19)6-10)8-21-14(24)12-2-1-5-22(12)17(16(21)26)7-13(23)20-15(17)25/h1-6H,7-8,18H2,(H,20,23,25)/t17-/m1/s1. The summed E-state index contributed by atoms with van der Waals surface area (Å²) in [6.07, 6.45) is 1.03. The molecule has 130 valence electrons. The molecule has 0 aliphatic carbocycles. The van der Waals surface area contributed by atoms with Gasteiger partial charge in [-0.3, -0.25) is 29.4 Å². The second-order valence-corrected chi connectivity index (χ2v) is 6.47. The highest BCUT2D eigenvalue weighted by Crippen LogP contribution is 2.36. The number of fused-ring (bicyclic) bond motifs is 2. The second kappa shape index (κ2) is 5.39. The number of nitrogens with one attached hydrogen (secondary N) is 1. The molecule has 1 spiro atoms. The zero-order valence-electron chi connectivity index (χ0n) is 13.8. The van der Waals surface area contributed by atoms with Crippen LogP contribution in [0.25, 0.3) is 0 Å². The predicted molar refractivity (Wildman–Crippen MR) is 89.6 cm³/mol. The molecule has 4 rings (SSSR count). The van der Waals surface area contributed by atoms with E-state index in [0.29, 0.717) is 5.46 Å². The molecule has 0 saturated carbocycles. The number of halogens is 1. The van der Waals surface area contributed by atoms with E-state index in [4.69, 9.17) is 0 Å². The zero-order valence-corrected chi connectivity index (χ0v) is 13.8. The lowest BCUT2D eigenvalue weighted by Gasteiger charge is -2.37. The maximum Gasteiger partial charge on any atom is 0.277 e. The van der Waals surface area contributed by atoms with Crippen LogP contribution in [0.3, 0.4) is 0 Å². The first kappa shape index (κ1) is 16.3. The van der Waals surface area contributed by atoms with Gasteiger partial charge in [0.15, 0.2) is 0 Å². The fraction of sp³-hybridized carbons (Fsp3) is 0.176. The predicted octanol–water partition coefficient (Wildman–Crippen LogP) is -1.19. The van der Waals surface area contributed by atoms with Crippen LogP contribution in [0.15, 0.2) is 36.5 Å². The minimum atomic E-state index is -1.84. The van der Waals surface area contributed by atoms with Crippen LogP contribution >= 0.6 is 0 Å². The normalized spacial score (nSPS) is 22.1. The average Bonchev–Trinajstić information content (AvgIpc) is 3.17. The van der Waals surface area contributed by atoms with Crippen molar-refractivity contribution in [1.29, 1.82) is 0 Å². The fourth-order valence-corrected chi connectivity index (χ4v) is 3.49. The molecule has 2 aliphatic rings. The lowest BCUT2D eigenvalue weighted by Crippen LogP contribution is -2.60. The summed E-state index contributed by atoms with van der Waals surface area (Å²) in [6, 6.07) is 7.45. The van der Waals surface area contributed by atoms with Gasteiger partial charge in [0.05, 0.1) is 13.0 Å². The van der Waals surface area contributed by atoms with Crippen LogP contribution in [-0.4, -0.2) is 40.9 Å². The summed E-state index contributed by atoms with van der Waals surface area (Å²) >= 11 is 0. The van der Waals surface area contributed by atoms with E-state index >= 15 is 0 Å². The van der Waals surface area contributed by atoms with E-state index in [1.165, 1.54) is 35.0 Å². The Morgan fingerprint density at radius 1 is 1.19 bits per heavy atom. The van der Waals surface area contributed by atoms with Gasteiger partial charge in [-0.15, -0.1) is 0 Å². The summed E-state index contributed by atoms with van der Waals surface area (Å²) in [7, 11) is 1.72. The molecule has 9 heteroatoms. The maximum absolute atomic E-state index is 14.2. The molecule has 1 aromatic carbocycles. The average molecular weight is 353 g/mol. The van der Waals surface area contributed by atoms with Crippen LogP contribution in [0.2, 0.25) is 0 Å². The summed E-state index contributed by atoms with van der Waals surface area (Å²) in [4.78, 5) is 50.9. The largest absolute Gasteiger partial charge is 0.320 e. The van der Waals surface area contributed by atoms with Gasteiger partial charge < -0.3 is 4.57 Å². The van der Waals surface area contributed by atoms with Crippen LogP contribution in [0, 0.1) is 5.82 Å². The fourth-order valence-electron chi connectivity index (χ4n) is 3.49.